The number of rotatable bonds is 8. The number of carbonyl (C=O) groups is 1. The molecule has 9 nitrogen and oxygen atoms in total. The minimum Gasteiger partial charge on any atom is -0.488 e. The first-order chi connectivity index (χ1) is 20.4. The van der Waals surface area contributed by atoms with E-state index in [2.05, 4.69) is 35.1 Å². The van der Waals surface area contributed by atoms with Crippen molar-refractivity contribution >= 4 is 5.97 Å². The van der Waals surface area contributed by atoms with Crippen LogP contribution < -0.4 is 9.47 Å². The molecule has 0 amide bonds. The third-order valence-corrected chi connectivity index (χ3v) is 8.35. The number of aryl methyl sites for hydroxylation is 1. The normalized spacial score (nSPS) is 18.8. The Balaban J connectivity index is 1.21. The molecule has 1 N–H and O–H groups in total. The van der Waals surface area contributed by atoms with Crippen molar-refractivity contribution in [2.75, 3.05) is 26.9 Å². The first-order valence-electron chi connectivity index (χ1n) is 14.4. The van der Waals surface area contributed by atoms with E-state index in [-0.39, 0.29) is 11.4 Å². The number of ether oxygens (including phenoxy) is 3. The van der Waals surface area contributed by atoms with Gasteiger partial charge in [-0.1, -0.05) is 43.3 Å². The van der Waals surface area contributed by atoms with Crippen molar-refractivity contribution in [1.29, 1.82) is 0 Å². The maximum atomic E-state index is 11.6. The van der Waals surface area contributed by atoms with Crippen molar-refractivity contribution < 1.29 is 24.1 Å². The number of benzene rings is 2. The average molecular weight is 569 g/mol. The second-order valence-corrected chi connectivity index (χ2v) is 11.1. The van der Waals surface area contributed by atoms with E-state index in [1.165, 1.54) is 29.1 Å². The van der Waals surface area contributed by atoms with Crippen molar-refractivity contribution in [3.8, 4) is 28.7 Å². The second kappa shape index (κ2) is 12.0. The quantitative estimate of drug-likeness (QED) is 0.305. The predicted octanol–water partition coefficient (Wildman–Crippen LogP) is 5.31. The SMILES string of the molecule is COc1c(C(=O)O)cnn1-c1cccc(-c2cccc(C)c2OCc2ccc3c(c2)CCN(C2CCOCC2C)C3)n1. The molecule has 1 saturated heterocycles. The van der Waals surface area contributed by atoms with Crippen LogP contribution in [-0.4, -0.2) is 63.7 Å². The van der Waals surface area contributed by atoms with Crippen LogP contribution in [0.5, 0.6) is 11.6 Å². The molecular weight excluding hydrogens is 532 g/mol. The van der Waals surface area contributed by atoms with Crippen molar-refractivity contribution in [2.45, 2.75) is 45.9 Å². The summed E-state index contributed by atoms with van der Waals surface area (Å²) in [5, 5.41) is 13.7. The molecule has 2 aliphatic rings. The van der Waals surface area contributed by atoms with Gasteiger partial charge in [0.15, 0.2) is 5.82 Å². The van der Waals surface area contributed by atoms with Gasteiger partial charge in [0.05, 0.1) is 25.6 Å². The van der Waals surface area contributed by atoms with Gasteiger partial charge in [-0.2, -0.15) is 9.78 Å². The van der Waals surface area contributed by atoms with Crippen LogP contribution in [0.15, 0.2) is 60.8 Å². The number of pyridine rings is 1. The van der Waals surface area contributed by atoms with Gasteiger partial charge in [-0.3, -0.25) is 4.90 Å². The zero-order valence-corrected chi connectivity index (χ0v) is 24.2. The lowest BCUT2D eigenvalue weighted by Crippen LogP contribution is -2.46. The fourth-order valence-electron chi connectivity index (χ4n) is 6.15. The van der Waals surface area contributed by atoms with Gasteiger partial charge >= 0.3 is 5.97 Å². The number of fused-ring (bicyclic) bond motifs is 1. The predicted molar refractivity (Wildman–Crippen MR) is 158 cm³/mol. The van der Waals surface area contributed by atoms with Crippen LogP contribution in [0.3, 0.4) is 0 Å². The number of hydrogen-bond donors (Lipinski definition) is 1. The molecule has 2 aliphatic heterocycles. The lowest BCUT2D eigenvalue weighted by Gasteiger charge is -2.41. The monoisotopic (exact) mass is 568 g/mol. The Hall–Kier alpha value is -4.21. The lowest BCUT2D eigenvalue weighted by molar-refractivity contribution is -0.0106. The Labute approximate surface area is 245 Å². The van der Waals surface area contributed by atoms with Crippen molar-refractivity contribution in [3.05, 3.63) is 88.6 Å². The summed E-state index contributed by atoms with van der Waals surface area (Å²) in [6.45, 7) is 8.55. The van der Waals surface area contributed by atoms with E-state index >= 15 is 0 Å². The van der Waals surface area contributed by atoms with Gasteiger partial charge in [0.25, 0.3) is 0 Å². The van der Waals surface area contributed by atoms with Gasteiger partial charge in [0.2, 0.25) is 5.88 Å². The number of aromatic carboxylic acids is 1. The van der Waals surface area contributed by atoms with Crippen LogP contribution in [0.4, 0.5) is 0 Å². The molecule has 218 valence electrons. The summed E-state index contributed by atoms with van der Waals surface area (Å²) in [7, 11) is 1.42. The van der Waals surface area contributed by atoms with Gasteiger partial charge in [-0.05, 0) is 66.1 Å². The third kappa shape index (κ3) is 5.49. The Morgan fingerprint density at radius 3 is 2.81 bits per heavy atom. The zero-order valence-electron chi connectivity index (χ0n) is 24.2. The number of nitrogens with zero attached hydrogens (tertiary/aromatic N) is 4. The molecule has 4 heterocycles. The number of carboxylic acid groups (broad SMARTS) is 1. The molecule has 9 heteroatoms. The van der Waals surface area contributed by atoms with E-state index in [0.717, 1.165) is 61.6 Å². The van der Waals surface area contributed by atoms with Crippen LogP contribution >= 0.6 is 0 Å². The fourth-order valence-corrected chi connectivity index (χ4v) is 6.15. The Bertz CT molecular complexity index is 1600. The molecule has 2 aromatic carbocycles. The number of aromatic nitrogens is 3. The molecule has 0 radical (unpaired) electrons. The van der Waals surface area contributed by atoms with Crippen LogP contribution in [0.25, 0.3) is 17.1 Å². The van der Waals surface area contributed by atoms with E-state index in [1.54, 1.807) is 6.07 Å². The standard InChI is InChI=1S/C33H36N4O5/c1-21-6-4-7-26(28-8-5-9-30(35-28)37-32(40-3)27(17-34-37)33(38)39)31(21)42-20-23-10-11-25-18-36(14-12-24(25)16-23)29-13-15-41-19-22(29)2/h4-11,16-17,22,29H,12-15,18-20H2,1-3H3,(H,38,39). The molecule has 2 aromatic heterocycles. The summed E-state index contributed by atoms with van der Waals surface area (Å²) in [6.07, 6.45) is 3.41. The topological polar surface area (TPSA) is 98.9 Å². The molecular formula is C33H36N4O5. The van der Waals surface area contributed by atoms with Crippen LogP contribution in [-0.2, 0) is 24.3 Å². The van der Waals surface area contributed by atoms with Gasteiger partial charge in [-0.15, -0.1) is 0 Å². The number of para-hydroxylation sites is 1. The fraction of sp³-hybridized carbons (Fsp3) is 0.364. The highest BCUT2D eigenvalue weighted by molar-refractivity contribution is 5.90. The van der Waals surface area contributed by atoms with Crippen molar-refractivity contribution in [2.24, 2.45) is 5.92 Å². The molecule has 0 saturated carbocycles. The van der Waals surface area contributed by atoms with E-state index in [4.69, 9.17) is 19.2 Å². The third-order valence-electron chi connectivity index (χ3n) is 8.35. The highest BCUT2D eigenvalue weighted by atomic mass is 16.5. The molecule has 2 unspecified atom stereocenters. The van der Waals surface area contributed by atoms with Crippen molar-refractivity contribution in [3.63, 3.8) is 0 Å². The van der Waals surface area contributed by atoms with E-state index in [1.807, 2.05) is 37.3 Å². The van der Waals surface area contributed by atoms with Gasteiger partial charge in [0, 0.05) is 31.3 Å². The van der Waals surface area contributed by atoms with Gasteiger partial charge in [0.1, 0.15) is 17.9 Å². The summed E-state index contributed by atoms with van der Waals surface area (Å²) in [5.74, 6) is 0.777. The maximum Gasteiger partial charge on any atom is 0.342 e. The smallest absolute Gasteiger partial charge is 0.342 e. The molecule has 0 spiro atoms. The average Bonchev–Trinajstić information content (AvgIpc) is 3.45. The molecule has 1 fully saturated rings. The van der Waals surface area contributed by atoms with Crippen LogP contribution in [0.1, 0.15) is 46.0 Å². The van der Waals surface area contributed by atoms with Gasteiger partial charge in [-0.25, -0.2) is 9.78 Å². The van der Waals surface area contributed by atoms with E-state index in [0.29, 0.717) is 30.1 Å². The highest BCUT2D eigenvalue weighted by Gasteiger charge is 2.30. The minimum absolute atomic E-state index is 0.0276. The van der Waals surface area contributed by atoms with Crippen molar-refractivity contribution in [1.82, 2.24) is 19.7 Å². The zero-order chi connectivity index (χ0) is 29.2. The Morgan fingerprint density at radius 2 is 2.00 bits per heavy atom. The lowest BCUT2D eigenvalue weighted by atomic mass is 9.91. The molecule has 6 rings (SSSR count). The largest absolute Gasteiger partial charge is 0.488 e. The summed E-state index contributed by atoms with van der Waals surface area (Å²) in [6, 6.07) is 18.8. The molecule has 0 aliphatic carbocycles. The first-order valence-corrected chi connectivity index (χ1v) is 14.4. The van der Waals surface area contributed by atoms with E-state index in [9.17, 15) is 9.90 Å². The summed E-state index contributed by atoms with van der Waals surface area (Å²) in [5.41, 5.74) is 6.46. The summed E-state index contributed by atoms with van der Waals surface area (Å²) < 4.78 is 18.9. The van der Waals surface area contributed by atoms with Crippen LogP contribution in [0, 0.1) is 12.8 Å². The highest BCUT2D eigenvalue weighted by Crippen LogP contribution is 2.34. The molecule has 0 bridgehead atoms. The second-order valence-electron chi connectivity index (χ2n) is 11.1. The maximum absolute atomic E-state index is 11.6. The minimum atomic E-state index is -1.11. The number of hydrogen-bond acceptors (Lipinski definition) is 7. The van der Waals surface area contributed by atoms with E-state index < -0.39 is 5.97 Å². The Kier molecular flexibility index (Phi) is 7.95. The first kappa shape index (κ1) is 27.9. The summed E-state index contributed by atoms with van der Waals surface area (Å²) >= 11 is 0. The number of methoxy groups -OCH3 is 1. The Morgan fingerprint density at radius 1 is 1.14 bits per heavy atom. The van der Waals surface area contributed by atoms with Crippen LogP contribution in [0.2, 0.25) is 0 Å². The molecule has 42 heavy (non-hydrogen) atoms. The molecule has 4 aromatic rings. The molecule has 2 atom stereocenters. The van der Waals surface area contributed by atoms with Gasteiger partial charge < -0.3 is 19.3 Å². The summed E-state index contributed by atoms with van der Waals surface area (Å²) in [4.78, 5) is 19.0. The number of carboxylic acids is 1.